The summed E-state index contributed by atoms with van der Waals surface area (Å²) < 4.78 is 9.80. The molecular weight excluding hydrogens is 270 g/mol. The van der Waals surface area contributed by atoms with Crippen molar-refractivity contribution in [2.75, 3.05) is 20.3 Å². The van der Waals surface area contributed by atoms with Gasteiger partial charge in [-0.1, -0.05) is 18.2 Å². The van der Waals surface area contributed by atoms with Gasteiger partial charge in [-0.25, -0.2) is 0 Å². The van der Waals surface area contributed by atoms with Crippen molar-refractivity contribution >= 4 is 23.5 Å². The summed E-state index contributed by atoms with van der Waals surface area (Å²) >= 11 is 5.68. The Morgan fingerprint density at radius 3 is 2.63 bits per heavy atom. The van der Waals surface area contributed by atoms with Crippen LogP contribution < -0.4 is 10.1 Å². The predicted octanol–water partition coefficient (Wildman–Crippen LogP) is 1.35. The van der Waals surface area contributed by atoms with Crippen molar-refractivity contribution in [3.8, 4) is 5.75 Å². The Kier molecular flexibility index (Phi) is 6.74. The maximum Gasteiger partial charge on any atom is 0.325 e. The zero-order valence-electron chi connectivity index (χ0n) is 10.6. The van der Waals surface area contributed by atoms with Gasteiger partial charge in [0.2, 0.25) is 5.91 Å². The van der Waals surface area contributed by atoms with Gasteiger partial charge in [0.25, 0.3) is 0 Å². The lowest BCUT2D eigenvalue weighted by atomic mass is 10.3. The largest absolute Gasteiger partial charge is 0.493 e. The molecule has 5 nitrogen and oxygen atoms in total. The number of esters is 1. The van der Waals surface area contributed by atoms with E-state index in [1.165, 1.54) is 7.11 Å². The van der Waals surface area contributed by atoms with Crippen molar-refractivity contribution in [2.45, 2.75) is 11.8 Å². The van der Waals surface area contributed by atoms with Crippen molar-refractivity contribution in [1.82, 2.24) is 5.32 Å². The lowest BCUT2D eigenvalue weighted by Crippen LogP contribution is -2.34. The Bertz CT molecular complexity index is 410. The molecule has 1 atom stereocenters. The van der Waals surface area contributed by atoms with Crippen LogP contribution in [0.4, 0.5) is 0 Å². The second kappa shape index (κ2) is 8.37. The first-order chi connectivity index (χ1) is 9.13. The van der Waals surface area contributed by atoms with Crippen LogP contribution in [0.5, 0.6) is 5.75 Å². The van der Waals surface area contributed by atoms with Crippen molar-refractivity contribution in [3.63, 3.8) is 0 Å². The summed E-state index contributed by atoms with van der Waals surface area (Å²) in [6.07, 6.45) is 0.194. The molecule has 19 heavy (non-hydrogen) atoms. The molecule has 0 fully saturated rings. The Hall–Kier alpha value is -1.75. The molecule has 0 radical (unpaired) electrons. The van der Waals surface area contributed by atoms with Gasteiger partial charge in [-0.2, -0.15) is 0 Å². The Balaban J connectivity index is 2.16. The van der Waals surface area contributed by atoms with Crippen LogP contribution in [0.25, 0.3) is 0 Å². The van der Waals surface area contributed by atoms with E-state index in [0.29, 0.717) is 5.75 Å². The quantitative estimate of drug-likeness (QED) is 0.607. The van der Waals surface area contributed by atoms with Crippen LogP contribution in [-0.2, 0) is 14.3 Å². The van der Waals surface area contributed by atoms with E-state index in [9.17, 15) is 9.59 Å². The van der Waals surface area contributed by atoms with Gasteiger partial charge in [0.15, 0.2) is 0 Å². The molecule has 1 aromatic rings. The number of halogens is 1. The summed E-state index contributed by atoms with van der Waals surface area (Å²) in [5.41, 5.74) is 0. The fourth-order valence-corrected chi connectivity index (χ4v) is 1.45. The van der Waals surface area contributed by atoms with E-state index in [4.69, 9.17) is 16.3 Å². The standard InChI is InChI=1S/C13H16ClNO4/c1-18-13(17)11(14)9-15-12(16)7-8-19-10-5-3-2-4-6-10/h2-6,11H,7-9H2,1H3,(H,15,16). The number of hydrogen-bond donors (Lipinski definition) is 1. The summed E-state index contributed by atoms with van der Waals surface area (Å²) in [5.74, 6) is -0.0898. The number of nitrogens with one attached hydrogen (secondary N) is 1. The third-order valence-electron chi connectivity index (χ3n) is 2.28. The number of para-hydroxylation sites is 1. The van der Waals surface area contributed by atoms with Gasteiger partial charge in [0, 0.05) is 6.54 Å². The summed E-state index contributed by atoms with van der Waals surface area (Å²) in [4.78, 5) is 22.4. The average Bonchev–Trinajstić information content (AvgIpc) is 2.45. The van der Waals surface area contributed by atoms with Crippen LogP contribution in [0.3, 0.4) is 0 Å². The van der Waals surface area contributed by atoms with E-state index in [0.717, 1.165) is 0 Å². The van der Waals surface area contributed by atoms with Crippen LogP contribution in [0, 0.1) is 0 Å². The molecule has 1 unspecified atom stereocenters. The predicted molar refractivity (Wildman–Crippen MR) is 71.2 cm³/mol. The first-order valence-electron chi connectivity index (χ1n) is 5.80. The highest BCUT2D eigenvalue weighted by Crippen LogP contribution is 2.08. The summed E-state index contributed by atoms with van der Waals surface area (Å²) in [6, 6.07) is 9.20. The second-order valence-electron chi connectivity index (χ2n) is 3.71. The average molecular weight is 286 g/mol. The molecule has 1 N–H and O–H groups in total. The minimum Gasteiger partial charge on any atom is -0.493 e. The van der Waals surface area contributed by atoms with E-state index >= 15 is 0 Å². The number of carbonyl (C=O) groups excluding carboxylic acids is 2. The van der Waals surface area contributed by atoms with Crippen LogP contribution in [0.2, 0.25) is 0 Å². The van der Waals surface area contributed by atoms with Crippen molar-refractivity contribution in [3.05, 3.63) is 30.3 Å². The SMILES string of the molecule is COC(=O)C(Cl)CNC(=O)CCOc1ccccc1. The number of amides is 1. The molecule has 0 aromatic heterocycles. The number of hydrogen-bond acceptors (Lipinski definition) is 4. The second-order valence-corrected chi connectivity index (χ2v) is 4.23. The van der Waals surface area contributed by atoms with Crippen LogP contribution in [0.1, 0.15) is 6.42 Å². The minimum absolute atomic E-state index is 0.0401. The maximum absolute atomic E-state index is 11.4. The fourth-order valence-electron chi connectivity index (χ4n) is 1.28. The molecule has 0 saturated heterocycles. The molecule has 0 bridgehead atoms. The molecule has 0 aliphatic carbocycles. The molecule has 0 saturated carbocycles. The van der Waals surface area contributed by atoms with Crippen molar-refractivity contribution in [2.24, 2.45) is 0 Å². The maximum atomic E-state index is 11.4. The van der Waals surface area contributed by atoms with Gasteiger partial charge < -0.3 is 14.8 Å². The number of ether oxygens (including phenoxy) is 2. The first kappa shape index (κ1) is 15.3. The fraction of sp³-hybridized carbons (Fsp3) is 0.385. The summed E-state index contributed by atoms with van der Waals surface area (Å²) in [6.45, 7) is 0.305. The Morgan fingerprint density at radius 2 is 2.00 bits per heavy atom. The monoisotopic (exact) mass is 285 g/mol. The van der Waals surface area contributed by atoms with Gasteiger partial charge in [-0.05, 0) is 12.1 Å². The molecule has 1 amide bonds. The summed E-state index contributed by atoms with van der Waals surface area (Å²) in [7, 11) is 1.24. The van der Waals surface area contributed by atoms with Gasteiger partial charge in [0.1, 0.15) is 11.1 Å². The first-order valence-corrected chi connectivity index (χ1v) is 6.23. The smallest absolute Gasteiger partial charge is 0.325 e. The number of benzene rings is 1. The molecule has 104 valence electrons. The molecule has 6 heteroatoms. The van der Waals surface area contributed by atoms with Crippen LogP contribution in [-0.4, -0.2) is 37.5 Å². The highest BCUT2D eigenvalue weighted by Gasteiger charge is 2.16. The van der Waals surface area contributed by atoms with E-state index in [-0.39, 0.29) is 25.5 Å². The lowest BCUT2D eigenvalue weighted by molar-refractivity contribution is -0.140. The topological polar surface area (TPSA) is 64.6 Å². The molecule has 0 aliphatic heterocycles. The van der Waals surface area contributed by atoms with E-state index in [2.05, 4.69) is 10.1 Å². The molecule has 0 spiro atoms. The highest BCUT2D eigenvalue weighted by molar-refractivity contribution is 6.30. The van der Waals surface area contributed by atoms with E-state index in [1.807, 2.05) is 30.3 Å². The third kappa shape index (κ3) is 6.10. The Morgan fingerprint density at radius 1 is 1.32 bits per heavy atom. The van der Waals surface area contributed by atoms with Crippen LogP contribution >= 0.6 is 11.6 Å². The highest BCUT2D eigenvalue weighted by atomic mass is 35.5. The molecule has 0 aliphatic rings. The van der Waals surface area contributed by atoms with E-state index in [1.54, 1.807) is 0 Å². The normalized spacial score (nSPS) is 11.5. The van der Waals surface area contributed by atoms with Gasteiger partial charge in [-0.3, -0.25) is 9.59 Å². The Labute approximate surface area is 116 Å². The number of rotatable bonds is 7. The zero-order chi connectivity index (χ0) is 14.1. The zero-order valence-corrected chi connectivity index (χ0v) is 11.4. The number of methoxy groups -OCH3 is 1. The third-order valence-corrected chi connectivity index (χ3v) is 2.61. The summed E-state index contributed by atoms with van der Waals surface area (Å²) in [5, 5.41) is 1.66. The molecule has 1 aromatic carbocycles. The number of carbonyl (C=O) groups is 2. The van der Waals surface area contributed by atoms with Crippen LogP contribution in [0.15, 0.2) is 30.3 Å². The lowest BCUT2D eigenvalue weighted by Gasteiger charge is -2.09. The molecule has 1 rings (SSSR count). The van der Waals surface area contributed by atoms with Gasteiger partial charge in [-0.15, -0.1) is 11.6 Å². The van der Waals surface area contributed by atoms with Gasteiger partial charge in [0.05, 0.1) is 20.1 Å². The van der Waals surface area contributed by atoms with Crippen molar-refractivity contribution < 1.29 is 19.1 Å². The number of alkyl halides is 1. The van der Waals surface area contributed by atoms with Crippen molar-refractivity contribution in [1.29, 1.82) is 0 Å². The molecule has 0 heterocycles. The minimum atomic E-state index is -0.871. The molecular formula is C13H16ClNO4. The van der Waals surface area contributed by atoms with Gasteiger partial charge >= 0.3 is 5.97 Å². The van der Waals surface area contributed by atoms with E-state index < -0.39 is 11.3 Å².